The summed E-state index contributed by atoms with van der Waals surface area (Å²) in [5.74, 6) is -3.61. The number of Topliss-reactive ketones (excluding diaryl/α,β-unsaturated/α-hetero) is 1. The van der Waals surface area contributed by atoms with Gasteiger partial charge in [-0.2, -0.15) is 0 Å². The van der Waals surface area contributed by atoms with E-state index in [1.807, 2.05) is 25.3 Å². The van der Waals surface area contributed by atoms with Gasteiger partial charge < -0.3 is 9.84 Å². The number of rotatable bonds is 3. The smallest absolute Gasteiger partial charge is 0.300 e. The standard InChI is InChI=1S/C25H19F2NO4S/c1-12-7-8-33-24(12)21-20(22(29)14-3-6-19-15(10-14)9-13(2)32-19)23(30)25(31)28(21)16-4-5-17(26)18(27)11-16/h3-8,10-11,13,21,29H,9H2,1-2H3/b22-20-. The lowest BCUT2D eigenvalue weighted by molar-refractivity contribution is -0.132. The van der Waals surface area contributed by atoms with Gasteiger partial charge in [-0.25, -0.2) is 8.78 Å². The summed E-state index contributed by atoms with van der Waals surface area (Å²) in [6.07, 6.45) is 0.665. The number of aryl methyl sites for hydroxylation is 1. The Labute approximate surface area is 192 Å². The second-order valence-electron chi connectivity index (χ2n) is 8.19. The summed E-state index contributed by atoms with van der Waals surface area (Å²) in [6.45, 7) is 3.76. The highest BCUT2D eigenvalue weighted by Crippen LogP contribution is 2.45. The van der Waals surface area contributed by atoms with Crippen molar-refractivity contribution in [3.05, 3.63) is 86.6 Å². The van der Waals surface area contributed by atoms with Gasteiger partial charge in [-0.05, 0) is 66.8 Å². The van der Waals surface area contributed by atoms with Gasteiger partial charge in [0.1, 0.15) is 23.7 Å². The third-order valence-corrected chi connectivity index (χ3v) is 7.02. The van der Waals surface area contributed by atoms with Crippen LogP contribution in [0.4, 0.5) is 14.5 Å². The van der Waals surface area contributed by atoms with Gasteiger partial charge in [0.25, 0.3) is 11.7 Å². The van der Waals surface area contributed by atoms with E-state index in [1.165, 1.54) is 17.4 Å². The van der Waals surface area contributed by atoms with Crippen molar-refractivity contribution in [1.29, 1.82) is 0 Å². The number of hydrogen-bond donors (Lipinski definition) is 1. The Morgan fingerprint density at radius 3 is 2.61 bits per heavy atom. The van der Waals surface area contributed by atoms with Gasteiger partial charge in [0.15, 0.2) is 11.6 Å². The van der Waals surface area contributed by atoms with Gasteiger partial charge in [-0.15, -0.1) is 11.3 Å². The van der Waals surface area contributed by atoms with E-state index in [4.69, 9.17) is 4.74 Å². The number of thiophene rings is 1. The molecule has 1 saturated heterocycles. The Bertz CT molecular complexity index is 1350. The summed E-state index contributed by atoms with van der Waals surface area (Å²) in [4.78, 5) is 28.0. The fraction of sp³-hybridized carbons (Fsp3) is 0.200. The Balaban J connectivity index is 1.70. The first-order valence-electron chi connectivity index (χ1n) is 10.4. The molecule has 1 amide bonds. The van der Waals surface area contributed by atoms with Crippen LogP contribution >= 0.6 is 11.3 Å². The lowest BCUT2D eigenvalue weighted by atomic mass is 9.97. The molecule has 3 heterocycles. The van der Waals surface area contributed by atoms with Crippen LogP contribution in [0, 0.1) is 18.6 Å². The molecule has 2 aromatic carbocycles. The zero-order chi connectivity index (χ0) is 23.4. The molecule has 168 valence electrons. The molecule has 8 heteroatoms. The molecule has 1 N–H and O–H groups in total. The molecule has 1 fully saturated rings. The molecule has 0 radical (unpaired) electrons. The summed E-state index contributed by atoms with van der Waals surface area (Å²) in [6, 6.07) is 9.00. The van der Waals surface area contributed by atoms with Gasteiger partial charge in [0, 0.05) is 28.6 Å². The van der Waals surface area contributed by atoms with Crippen LogP contribution in [0.1, 0.15) is 34.5 Å². The number of nitrogens with zero attached hydrogens (tertiary/aromatic N) is 1. The number of hydrogen-bond acceptors (Lipinski definition) is 5. The van der Waals surface area contributed by atoms with Crippen molar-refractivity contribution >= 4 is 34.5 Å². The maximum atomic E-state index is 14.0. The van der Waals surface area contributed by atoms with Crippen LogP contribution in [0.5, 0.6) is 5.75 Å². The second kappa shape index (κ2) is 7.81. The lowest BCUT2D eigenvalue weighted by Crippen LogP contribution is -2.29. The average molecular weight is 467 g/mol. The lowest BCUT2D eigenvalue weighted by Gasteiger charge is -2.25. The third kappa shape index (κ3) is 3.41. The van der Waals surface area contributed by atoms with Crippen LogP contribution < -0.4 is 9.64 Å². The van der Waals surface area contributed by atoms with E-state index in [2.05, 4.69) is 0 Å². The van der Waals surface area contributed by atoms with Crippen molar-refractivity contribution in [2.24, 2.45) is 0 Å². The number of ketones is 1. The predicted octanol–water partition coefficient (Wildman–Crippen LogP) is 5.28. The maximum Gasteiger partial charge on any atom is 0.300 e. The predicted molar refractivity (Wildman–Crippen MR) is 120 cm³/mol. The van der Waals surface area contributed by atoms with E-state index in [9.17, 15) is 23.5 Å². The Kier molecular flexibility index (Phi) is 5.05. The number of carbonyl (C=O) groups is 2. The summed E-state index contributed by atoms with van der Waals surface area (Å²) < 4.78 is 33.3. The molecule has 2 atom stereocenters. The van der Waals surface area contributed by atoms with E-state index in [1.54, 1.807) is 18.2 Å². The van der Waals surface area contributed by atoms with Crippen molar-refractivity contribution in [3.8, 4) is 5.75 Å². The molecular weight excluding hydrogens is 448 g/mol. The third-order valence-electron chi connectivity index (χ3n) is 5.95. The average Bonchev–Trinajstić information content (AvgIpc) is 3.44. The molecule has 3 aromatic rings. The van der Waals surface area contributed by atoms with E-state index in [0.717, 1.165) is 28.2 Å². The zero-order valence-corrected chi connectivity index (χ0v) is 18.6. The van der Waals surface area contributed by atoms with Crippen molar-refractivity contribution in [2.75, 3.05) is 4.90 Å². The molecule has 0 saturated carbocycles. The van der Waals surface area contributed by atoms with E-state index in [0.29, 0.717) is 22.6 Å². The van der Waals surface area contributed by atoms with Crippen LogP contribution in [0.2, 0.25) is 0 Å². The minimum atomic E-state index is -1.14. The topological polar surface area (TPSA) is 66.8 Å². The van der Waals surface area contributed by atoms with Crippen LogP contribution in [0.3, 0.4) is 0 Å². The van der Waals surface area contributed by atoms with Gasteiger partial charge in [-0.3, -0.25) is 14.5 Å². The summed E-state index contributed by atoms with van der Waals surface area (Å²) in [7, 11) is 0. The number of anilines is 1. The number of halogens is 2. The number of carbonyl (C=O) groups excluding carboxylic acids is 2. The van der Waals surface area contributed by atoms with E-state index < -0.39 is 29.4 Å². The molecule has 2 aliphatic rings. The Morgan fingerprint density at radius 1 is 1.12 bits per heavy atom. The molecule has 0 spiro atoms. The molecule has 0 aliphatic carbocycles. The first-order valence-corrected chi connectivity index (χ1v) is 11.2. The molecule has 33 heavy (non-hydrogen) atoms. The SMILES string of the molecule is Cc1ccsc1C1/C(=C(/O)c2ccc3c(c2)CC(C)O3)C(=O)C(=O)N1c1ccc(F)c(F)c1. The number of aliphatic hydroxyl groups excluding tert-OH is 1. The first-order chi connectivity index (χ1) is 15.8. The molecule has 5 nitrogen and oxygen atoms in total. The van der Waals surface area contributed by atoms with Gasteiger partial charge in [-0.1, -0.05) is 0 Å². The van der Waals surface area contributed by atoms with Crippen molar-refractivity contribution in [1.82, 2.24) is 0 Å². The van der Waals surface area contributed by atoms with Gasteiger partial charge >= 0.3 is 0 Å². The summed E-state index contributed by atoms with van der Waals surface area (Å²) in [5.41, 5.74) is 2.02. The van der Waals surface area contributed by atoms with Crippen LogP contribution in [0.25, 0.3) is 5.76 Å². The molecule has 5 rings (SSSR count). The van der Waals surface area contributed by atoms with Crippen LogP contribution in [-0.2, 0) is 16.0 Å². The fourth-order valence-corrected chi connectivity index (χ4v) is 5.40. The largest absolute Gasteiger partial charge is 0.507 e. The molecule has 0 bridgehead atoms. The van der Waals surface area contributed by atoms with E-state index >= 15 is 0 Å². The number of ether oxygens (including phenoxy) is 1. The number of amides is 1. The Hall–Kier alpha value is -3.52. The number of fused-ring (bicyclic) bond motifs is 1. The summed E-state index contributed by atoms with van der Waals surface area (Å²) in [5, 5.41) is 13.0. The first kappa shape index (κ1) is 21.3. The monoisotopic (exact) mass is 467 g/mol. The minimum Gasteiger partial charge on any atom is -0.507 e. The van der Waals surface area contributed by atoms with Gasteiger partial charge in [0.05, 0.1) is 5.57 Å². The number of aliphatic hydroxyl groups is 1. The second-order valence-corrected chi connectivity index (χ2v) is 9.14. The maximum absolute atomic E-state index is 14.0. The van der Waals surface area contributed by atoms with E-state index in [-0.39, 0.29) is 23.1 Å². The Morgan fingerprint density at radius 2 is 1.91 bits per heavy atom. The molecule has 1 aromatic heterocycles. The molecule has 2 unspecified atom stereocenters. The highest BCUT2D eigenvalue weighted by molar-refractivity contribution is 7.10. The fourth-order valence-electron chi connectivity index (χ4n) is 4.37. The zero-order valence-electron chi connectivity index (χ0n) is 17.8. The quantitative estimate of drug-likeness (QED) is 0.323. The van der Waals surface area contributed by atoms with Gasteiger partial charge in [0.2, 0.25) is 0 Å². The highest BCUT2D eigenvalue weighted by atomic mass is 32.1. The summed E-state index contributed by atoms with van der Waals surface area (Å²) >= 11 is 1.31. The minimum absolute atomic E-state index is 0.00474. The molecular formula is C25H19F2NO4S. The number of benzene rings is 2. The van der Waals surface area contributed by atoms with Crippen molar-refractivity contribution in [2.45, 2.75) is 32.4 Å². The van der Waals surface area contributed by atoms with Crippen molar-refractivity contribution in [3.63, 3.8) is 0 Å². The highest BCUT2D eigenvalue weighted by Gasteiger charge is 2.48. The molecule has 2 aliphatic heterocycles. The van der Waals surface area contributed by atoms with Crippen LogP contribution in [-0.4, -0.2) is 22.9 Å². The van der Waals surface area contributed by atoms with Crippen LogP contribution in [0.15, 0.2) is 53.4 Å². The normalized spacial score (nSPS) is 21.4. The van der Waals surface area contributed by atoms with Crippen molar-refractivity contribution < 1.29 is 28.2 Å².